The van der Waals surface area contributed by atoms with E-state index in [-0.39, 0.29) is 39.7 Å². The highest BCUT2D eigenvalue weighted by Crippen LogP contribution is 2.45. The van der Waals surface area contributed by atoms with Gasteiger partial charge in [0, 0.05) is 27.0 Å². The van der Waals surface area contributed by atoms with Crippen molar-refractivity contribution < 1.29 is 18.8 Å². The maximum atomic E-state index is 12.5. The van der Waals surface area contributed by atoms with Gasteiger partial charge in [-0.25, -0.2) is 4.98 Å². The Balaban J connectivity index is 1.48. The average molecular weight is 868 g/mol. The number of rotatable bonds is 8. The second kappa shape index (κ2) is 16.9. The number of phenolic OH excluding ortho intramolecular Hbond substituents is 1. The fourth-order valence-electron chi connectivity index (χ4n) is 8.33. The highest BCUT2D eigenvalue weighted by atomic mass is 16.3. The number of imidazole rings is 1. The molecular weight excluding hydrogens is 791 g/mol. The number of fused-ring (bicyclic) bond motifs is 1. The Hall–Kier alpha value is -6.26. The summed E-state index contributed by atoms with van der Waals surface area (Å²) in [6, 6.07) is 27.1. The lowest BCUT2D eigenvalue weighted by molar-refractivity contribution is 0.466. The van der Waals surface area contributed by atoms with Gasteiger partial charge in [0.15, 0.2) is 0 Å². The summed E-state index contributed by atoms with van der Waals surface area (Å²) < 4.78 is 88.6. The SMILES string of the molecule is [2H]c1nc(-c2cc(-c3cccc4c3nc(-c3cc(C(C)C)cc(C(C)C)c3O)n4-c3cc(C(C)(C)C)ccc3-c3ccc(C(C)(C)C)cc3)cc(C(C)(C)C)c2)c([2H])c(-c2c([2H])c([2H])c(C([2H])([2H])[2H])c([2H])c2[2H])c1[2H]. The summed E-state index contributed by atoms with van der Waals surface area (Å²) >= 11 is 0. The molecule has 0 bridgehead atoms. The number of nitrogens with zero attached hydrogens (tertiary/aromatic N) is 3. The predicted octanol–water partition coefficient (Wildman–Crippen LogP) is 16.9. The van der Waals surface area contributed by atoms with Crippen LogP contribution in [0.3, 0.4) is 0 Å². The van der Waals surface area contributed by atoms with Gasteiger partial charge in [0.1, 0.15) is 11.6 Å². The Kier molecular flexibility index (Phi) is 8.90. The zero-order valence-corrected chi connectivity index (χ0v) is 40.1. The molecule has 4 nitrogen and oxygen atoms in total. The van der Waals surface area contributed by atoms with Crippen LogP contribution in [-0.4, -0.2) is 19.6 Å². The van der Waals surface area contributed by atoms with Crippen molar-refractivity contribution in [2.24, 2.45) is 0 Å². The summed E-state index contributed by atoms with van der Waals surface area (Å²) in [5.74, 6) is 0.823. The zero-order chi connectivity index (χ0) is 55.3. The normalized spacial score (nSPS) is 14.9. The molecule has 8 aromatic rings. The Morgan fingerprint density at radius 1 is 0.585 bits per heavy atom. The molecule has 2 heterocycles. The van der Waals surface area contributed by atoms with E-state index >= 15 is 0 Å². The zero-order valence-electron chi connectivity index (χ0n) is 50.1. The van der Waals surface area contributed by atoms with Gasteiger partial charge in [-0.05, 0) is 127 Å². The highest BCUT2D eigenvalue weighted by Gasteiger charge is 2.27. The molecule has 0 atom stereocenters. The summed E-state index contributed by atoms with van der Waals surface area (Å²) in [5, 5.41) is 12.5. The molecule has 0 saturated heterocycles. The van der Waals surface area contributed by atoms with Crippen molar-refractivity contribution in [3.05, 3.63) is 167 Å². The van der Waals surface area contributed by atoms with Gasteiger partial charge in [-0.1, -0.05) is 180 Å². The number of pyridine rings is 1. The van der Waals surface area contributed by atoms with Crippen LogP contribution in [0.15, 0.2) is 133 Å². The van der Waals surface area contributed by atoms with E-state index in [1.807, 2.05) is 30.3 Å². The Bertz CT molecular complexity index is 3540. The molecule has 0 spiro atoms. The number of benzene rings is 6. The monoisotopic (exact) mass is 868 g/mol. The third-order valence-corrected chi connectivity index (χ3v) is 12.4. The highest BCUT2D eigenvalue weighted by molar-refractivity contribution is 5.98. The lowest BCUT2D eigenvalue weighted by Crippen LogP contribution is -2.13. The van der Waals surface area contributed by atoms with Crippen molar-refractivity contribution >= 4 is 11.0 Å². The maximum Gasteiger partial charge on any atom is 0.149 e. The Morgan fingerprint density at radius 2 is 1.25 bits per heavy atom. The lowest BCUT2D eigenvalue weighted by atomic mass is 9.83. The first-order valence-corrected chi connectivity index (χ1v) is 22.6. The number of phenols is 1. The van der Waals surface area contributed by atoms with E-state index in [1.54, 1.807) is 0 Å². The van der Waals surface area contributed by atoms with Gasteiger partial charge in [0.05, 0.1) is 37.6 Å². The van der Waals surface area contributed by atoms with Crippen LogP contribution in [0.2, 0.25) is 0 Å². The minimum atomic E-state index is -2.97. The van der Waals surface area contributed by atoms with Crippen molar-refractivity contribution in [3.63, 3.8) is 0 Å². The molecule has 0 aliphatic rings. The molecule has 6 aromatic carbocycles. The summed E-state index contributed by atoms with van der Waals surface area (Å²) in [5.41, 5.74) is 9.27. The van der Waals surface area contributed by atoms with Crippen LogP contribution in [0.1, 0.15) is 149 Å². The van der Waals surface area contributed by atoms with Gasteiger partial charge in [0.25, 0.3) is 0 Å². The molecule has 0 fully saturated rings. The Labute approximate surface area is 402 Å². The molecular formula is C61H67N3O. The van der Waals surface area contributed by atoms with Crippen molar-refractivity contribution in [1.29, 1.82) is 0 Å². The van der Waals surface area contributed by atoms with Gasteiger partial charge in [0.2, 0.25) is 0 Å². The Morgan fingerprint density at radius 3 is 1.88 bits per heavy atom. The van der Waals surface area contributed by atoms with E-state index in [1.165, 1.54) is 5.56 Å². The number of aromatic nitrogens is 3. The first-order chi connectivity index (χ1) is 34.7. The minimum Gasteiger partial charge on any atom is -0.507 e. The van der Waals surface area contributed by atoms with Gasteiger partial charge >= 0.3 is 0 Å². The summed E-state index contributed by atoms with van der Waals surface area (Å²) in [4.78, 5) is 10.1. The fourth-order valence-corrected chi connectivity index (χ4v) is 8.33. The molecule has 0 saturated carbocycles. The average Bonchev–Trinajstić information content (AvgIpc) is 3.71. The molecule has 0 radical (unpaired) electrons. The van der Waals surface area contributed by atoms with Crippen LogP contribution in [0.25, 0.3) is 72.7 Å². The predicted molar refractivity (Wildman–Crippen MR) is 277 cm³/mol. The number of hydrogen-bond donors (Lipinski definition) is 1. The summed E-state index contributed by atoms with van der Waals surface area (Å²) in [6.45, 7) is 24.8. The third-order valence-electron chi connectivity index (χ3n) is 12.4. The molecule has 2 aromatic heterocycles. The number of hydrogen-bond acceptors (Lipinski definition) is 3. The molecule has 0 amide bonds. The second-order valence-corrected chi connectivity index (χ2v) is 21.1. The minimum absolute atomic E-state index is 0.00285. The van der Waals surface area contributed by atoms with Gasteiger partial charge < -0.3 is 5.11 Å². The molecule has 65 heavy (non-hydrogen) atoms. The van der Waals surface area contributed by atoms with E-state index in [2.05, 4.69) is 160 Å². The molecule has 0 aliphatic heterocycles. The van der Waals surface area contributed by atoms with Crippen LogP contribution in [-0.2, 0) is 16.2 Å². The van der Waals surface area contributed by atoms with Crippen molar-refractivity contribution in [2.75, 3.05) is 0 Å². The van der Waals surface area contributed by atoms with Crippen LogP contribution in [0.4, 0.5) is 0 Å². The van der Waals surface area contributed by atoms with Gasteiger partial charge in [-0.2, -0.15) is 0 Å². The summed E-state index contributed by atoms with van der Waals surface area (Å²) in [7, 11) is 0. The molecule has 332 valence electrons. The molecule has 8 rings (SSSR count). The van der Waals surface area contributed by atoms with E-state index in [0.29, 0.717) is 28.0 Å². The van der Waals surface area contributed by atoms with Crippen LogP contribution in [0, 0.1) is 6.85 Å². The quantitative estimate of drug-likeness (QED) is 0.166. The second-order valence-electron chi connectivity index (χ2n) is 21.1. The van der Waals surface area contributed by atoms with Crippen molar-refractivity contribution in [2.45, 2.75) is 125 Å². The molecule has 4 heteroatoms. The lowest BCUT2D eigenvalue weighted by Gasteiger charge is -2.24. The molecule has 0 aliphatic carbocycles. The third kappa shape index (κ3) is 9.06. The van der Waals surface area contributed by atoms with Crippen LogP contribution < -0.4 is 0 Å². The largest absolute Gasteiger partial charge is 0.507 e. The summed E-state index contributed by atoms with van der Waals surface area (Å²) in [6.07, 6.45) is -0.563. The standard InChI is InChI=1S/C61H67N3O/c1-37(2)43-33-51(38(3)4)57(65)52(34-43)58-63-56-50(44-30-45(32-48(31-44)61(12,13)14)53-35-42(28-29-62-53)40-20-18-39(5)19-21-40)16-15-17-54(56)64(58)55-36-47(60(9,10)11)26-27-49(55)41-22-24-46(25-23-41)59(6,7)8/h15-38,65H,1-14H3/i5D3,18D,19D,20D,21D,28D,29D,35D. The molecule has 0 unspecified atom stereocenters. The topological polar surface area (TPSA) is 50.9 Å². The van der Waals surface area contributed by atoms with E-state index in [0.717, 1.165) is 50.1 Å². The van der Waals surface area contributed by atoms with Crippen LogP contribution >= 0.6 is 0 Å². The van der Waals surface area contributed by atoms with E-state index < -0.39 is 65.8 Å². The number of aromatic hydroxyl groups is 1. The van der Waals surface area contributed by atoms with E-state index in [9.17, 15) is 6.48 Å². The van der Waals surface area contributed by atoms with E-state index in [4.69, 9.17) is 17.3 Å². The fraction of sp³-hybridized carbons (Fsp3) is 0.311. The maximum absolute atomic E-state index is 12.5. The number of para-hydroxylation sites is 1. The smallest absolute Gasteiger partial charge is 0.149 e. The first-order valence-electron chi connectivity index (χ1n) is 27.6. The van der Waals surface area contributed by atoms with Crippen LogP contribution in [0.5, 0.6) is 5.75 Å². The van der Waals surface area contributed by atoms with Crippen molar-refractivity contribution in [1.82, 2.24) is 14.5 Å². The molecule has 1 N–H and O–H groups in total. The van der Waals surface area contributed by atoms with Crippen molar-refractivity contribution in [3.8, 4) is 67.5 Å². The van der Waals surface area contributed by atoms with Gasteiger partial charge in [-0.15, -0.1) is 0 Å². The first kappa shape index (κ1) is 34.1. The van der Waals surface area contributed by atoms with Gasteiger partial charge in [-0.3, -0.25) is 9.55 Å².